The Labute approximate surface area is 177 Å². The molecule has 6 nitrogen and oxygen atoms in total. The lowest BCUT2D eigenvalue weighted by Crippen LogP contribution is -2.41. The summed E-state index contributed by atoms with van der Waals surface area (Å²) in [7, 11) is 0. The maximum atomic E-state index is 12.4. The number of aryl methyl sites for hydroxylation is 1. The van der Waals surface area contributed by atoms with E-state index in [4.69, 9.17) is 11.6 Å². The third kappa shape index (κ3) is 5.77. The fraction of sp³-hybridized carbons (Fsp3) is 0.350. The van der Waals surface area contributed by atoms with Gasteiger partial charge in [0.1, 0.15) is 5.82 Å². The first-order chi connectivity index (χ1) is 13.4. The number of anilines is 2. The van der Waals surface area contributed by atoms with Crippen LogP contribution in [0.5, 0.6) is 0 Å². The maximum Gasteiger partial charge on any atom is 0.238 e. The van der Waals surface area contributed by atoms with Gasteiger partial charge in [0.25, 0.3) is 0 Å². The van der Waals surface area contributed by atoms with E-state index in [-0.39, 0.29) is 17.7 Å². The molecule has 2 N–H and O–H groups in total. The van der Waals surface area contributed by atoms with Crippen molar-refractivity contribution < 1.29 is 9.59 Å². The molecule has 3 rings (SSSR count). The number of amides is 2. The highest BCUT2D eigenvalue weighted by Gasteiger charge is 2.26. The lowest BCUT2D eigenvalue weighted by atomic mass is 9.96. The van der Waals surface area contributed by atoms with Crippen LogP contribution in [0.3, 0.4) is 0 Å². The molecule has 1 saturated heterocycles. The Hall–Kier alpha value is -1.96. The standard InChI is InChI=1S/C20H22BrClN4O2/c1-13-10-16(3-4-17(13)21)24-19(27)12-26-8-6-14(7-9-26)20(28)25-18-5-2-15(22)11-23-18/h2-5,10-11,14H,6-9,12H2,1H3,(H,24,27)(H,23,25,28). The fourth-order valence-electron chi connectivity index (χ4n) is 3.16. The van der Waals surface area contributed by atoms with E-state index >= 15 is 0 Å². The first-order valence-corrected chi connectivity index (χ1v) is 10.3. The van der Waals surface area contributed by atoms with Gasteiger partial charge in [-0.15, -0.1) is 0 Å². The highest BCUT2D eigenvalue weighted by molar-refractivity contribution is 9.10. The number of carbonyl (C=O) groups excluding carboxylic acids is 2. The monoisotopic (exact) mass is 464 g/mol. The number of pyridine rings is 1. The van der Waals surface area contributed by atoms with E-state index in [1.807, 2.05) is 25.1 Å². The molecule has 0 bridgehead atoms. The molecule has 1 aromatic heterocycles. The second kappa shape index (κ2) is 9.49. The van der Waals surface area contributed by atoms with Gasteiger partial charge in [-0.1, -0.05) is 27.5 Å². The van der Waals surface area contributed by atoms with Gasteiger partial charge in [0.05, 0.1) is 11.6 Å². The lowest BCUT2D eigenvalue weighted by molar-refractivity contribution is -0.121. The van der Waals surface area contributed by atoms with Gasteiger partial charge in [0.2, 0.25) is 11.8 Å². The highest BCUT2D eigenvalue weighted by Crippen LogP contribution is 2.21. The van der Waals surface area contributed by atoms with E-state index in [0.29, 0.717) is 43.3 Å². The minimum Gasteiger partial charge on any atom is -0.325 e. The number of likely N-dealkylation sites (tertiary alicyclic amines) is 1. The van der Waals surface area contributed by atoms with E-state index in [0.717, 1.165) is 15.7 Å². The number of piperidine rings is 1. The molecule has 2 heterocycles. The molecule has 0 atom stereocenters. The van der Waals surface area contributed by atoms with E-state index < -0.39 is 0 Å². The van der Waals surface area contributed by atoms with Crippen LogP contribution < -0.4 is 10.6 Å². The quantitative estimate of drug-likeness (QED) is 0.697. The maximum absolute atomic E-state index is 12.4. The SMILES string of the molecule is Cc1cc(NC(=O)CN2CCC(C(=O)Nc3ccc(Cl)cn3)CC2)ccc1Br. The molecule has 0 unspecified atom stereocenters. The molecule has 0 radical (unpaired) electrons. The van der Waals surface area contributed by atoms with Crippen molar-refractivity contribution in [2.75, 3.05) is 30.3 Å². The second-order valence-electron chi connectivity index (χ2n) is 6.91. The number of hydrogen-bond donors (Lipinski definition) is 2. The van der Waals surface area contributed by atoms with E-state index in [2.05, 4.69) is 36.4 Å². The van der Waals surface area contributed by atoms with Crippen LogP contribution in [0, 0.1) is 12.8 Å². The zero-order valence-electron chi connectivity index (χ0n) is 15.5. The third-order valence-corrected chi connectivity index (χ3v) is 5.86. The predicted molar refractivity (Wildman–Crippen MR) is 115 cm³/mol. The summed E-state index contributed by atoms with van der Waals surface area (Å²) < 4.78 is 1.01. The lowest BCUT2D eigenvalue weighted by Gasteiger charge is -2.30. The molecule has 1 aliphatic heterocycles. The minimum atomic E-state index is -0.0779. The Morgan fingerprint density at radius 2 is 1.96 bits per heavy atom. The summed E-state index contributed by atoms with van der Waals surface area (Å²) in [5, 5.41) is 6.29. The molecule has 28 heavy (non-hydrogen) atoms. The van der Waals surface area contributed by atoms with Crippen LogP contribution in [0.15, 0.2) is 41.0 Å². The van der Waals surface area contributed by atoms with Gasteiger partial charge in [-0.05, 0) is 68.8 Å². The molecule has 148 valence electrons. The normalized spacial score (nSPS) is 15.2. The number of carbonyl (C=O) groups is 2. The summed E-state index contributed by atoms with van der Waals surface area (Å²) in [6.07, 6.45) is 2.93. The average Bonchev–Trinajstić information content (AvgIpc) is 2.67. The van der Waals surface area contributed by atoms with Crippen molar-refractivity contribution in [3.63, 3.8) is 0 Å². The molecule has 0 aliphatic carbocycles. The highest BCUT2D eigenvalue weighted by atomic mass is 79.9. The summed E-state index contributed by atoms with van der Waals surface area (Å²) in [6, 6.07) is 9.10. The number of halogens is 2. The molecule has 0 saturated carbocycles. The number of rotatable bonds is 5. The Balaban J connectivity index is 1.44. The molecule has 2 amide bonds. The third-order valence-electron chi connectivity index (χ3n) is 4.75. The fourth-order valence-corrected chi connectivity index (χ4v) is 3.52. The zero-order chi connectivity index (χ0) is 20.1. The Bertz CT molecular complexity index is 852. The van der Waals surface area contributed by atoms with E-state index in [9.17, 15) is 9.59 Å². The Morgan fingerprint density at radius 3 is 2.61 bits per heavy atom. The Kier molecular flexibility index (Phi) is 7.04. The van der Waals surface area contributed by atoms with Gasteiger partial charge >= 0.3 is 0 Å². The van der Waals surface area contributed by atoms with E-state index in [1.165, 1.54) is 6.20 Å². The van der Waals surface area contributed by atoms with Crippen LogP contribution >= 0.6 is 27.5 Å². The second-order valence-corrected chi connectivity index (χ2v) is 8.20. The molecule has 1 aliphatic rings. The van der Waals surface area contributed by atoms with Gasteiger partial charge in [-0.3, -0.25) is 14.5 Å². The van der Waals surface area contributed by atoms with Crippen LogP contribution in [0.2, 0.25) is 5.02 Å². The number of benzene rings is 1. The van der Waals surface area contributed by atoms with Crippen LogP contribution in [-0.4, -0.2) is 41.3 Å². The summed E-state index contributed by atoms with van der Waals surface area (Å²) in [6.45, 7) is 3.72. The number of nitrogens with one attached hydrogen (secondary N) is 2. The predicted octanol–water partition coefficient (Wildman–Crippen LogP) is 4.10. The van der Waals surface area contributed by atoms with Crippen molar-refractivity contribution in [2.45, 2.75) is 19.8 Å². The van der Waals surface area contributed by atoms with Crippen LogP contribution in [-0.2, 0) is 9.59 Å². The van der Waals surface area contributed by atoms with E-state index in [1.54, 1.807) is 12.1 Å². The molecule has 8 heteroatoms. The summed E-state index contributed by atoms with van der Waals surface area (Å²) >= 11 is 9.26. The number of aromatic nitrogens is 1. The smallest absolute Gasteiger partial charge is 0.238 e. The molecule has 2 aromatic rings. The number of hydrogen-bond acceptors (Lipinski definition) is 4. The first-order valence-electron chi connectivity index (χ1n) is 9.11. The van der Waals surface area contributed by atoms with Crippen LogP contribution in [0.1, 0.15) is 18.4 Å². The van der Waals surface area contributed by atoms with Crippen molar-refractivity contribution >= 4 is 50.9 Å². The summed E-state index contributed by atoms with van der Waals surface area (Å²) in [5.74, 6) is 0.339. The van der Waals surface area contributed by atoms with Crippen molar-refractivity contribution in [3.05, 3.63) is 51.6 Å². The summed E-state index contributed by atoms with van der Waals surface area (Å²) in [4.78, 5) is 30.9. The van der Waals surface area contributed by atoms with Gasteiger partial charge in [-0.2, -0.15) is 0 Å². The molecular weight excluding hydrogens is 444 g/mol. The van der Waals surface area contributed by atoms with Crippen LogP contribution in [0.4, 0.5) is 11.5 Å². The van der Waals surface area contributed by atoms with Gasteiger partial charge in [0, 0.05) is 22.3 Å². The number of nitrogens with zero attached hydrogens (tertiary/aromatic N) is 2. The van der Waals surface area contributed by atoms with Gasteiger partial charge < -0.3 is 10.6 Å². The first kappa shape index (κ1) is 20.8. The van der Waals surface area contributed by atoms with Crippen molar-refractivity contribution in [3.8, 4) is 0 Å². The molecule has 0 spiro atoms. The Morgan fingerprint density at radius 1 is 1.21 bits per heavy atom. The largest absolute Gasteiger partial charge is 0.325 e. The van der Waals surface area contributed by atoms with Gasteiger partial charge in [0.15, 0.2) is 0 Å². The molecular formula is C20H22BrClN4O2. The minimum absolute atomic E-state index is 0.0377. The van der Waals surface area contributed by atoms with Crippen molar-refractivity contribution in [2.24, 2.45) is 5.92 Å². The van der Waals surface area contributed by atoms with Crippen molar-refractivity contribution in [1.82, 2.24) is 9.88 Å². The zero-order valence-corrected chi connectivity index (χ0v) is 17.9. The van der Waals surface area contributed by atoms with Crippen LogP contribution in [0.25, 0.3) is 0 Å². The average molecular weight is 466 g/mol. The molecule has 1 aromatic carbocycles. The summed E-state index contributed by atoms with van der Waals surface area (Å²) in [5.41, 5.74) is 1.86. The van der Waals surface area contributed by atoms with Crippen molar-refractivity contribution in [1.29, 1.82) is 0 Å². The topological polar surface area (TPSA) is 74.3 Å². The molecule has 1 fully saturated rings. The van der Waals surface area contributed by atoms with Gasteiger partial charge in [-0.25, -0.2) is 4.98 Å².